The fourth-order valence-corrected chi connectivity index (χ4v) is 3.36. The number of fused-ring (bicyclic) bond motifs is 1. The second-order valence-corrected chi connectivity index (χ2v) is 7.37. The maximum Gasteiger partial charge on any atom is 0.259 e. The van der Waals surface area contributed by atoms with E-state index in [4.69, 9.17) is 9.26 Å². The number of amides is 1. The van der Waals surface area contributed by atoms with E-state index in [0.717, 1.165) is 37.1 Å². The summed E-state index contributed by atoms with van der Waals surface area (Å²) in [7, 11) is 1.65. The topological polar surface area (TPSA) is 95.1 Å². The third-order valence-electron chi connectivity index (χ3n) is 4.97. The van der Waals surface area contributed by atoms with Crippen LogP contribution in [0.5, 0.6) is 0 Å². The Bertz CT molecular complexity index is 989. The third kappa shape index (κ3) is 3.64. The van der Waals surface area contributed by atoms with Crippen LogP contribution >= 0.6 is 0 Å². The minimum atomic E-state index is -0.223. The van der Waals surface area contributed by atoms with Crippen molar-refractivity contribution in [3.05, 3.63) is 35.3 Å². The van der Waals surface area contributed by atoms with E-state index >= 15 is 0 Å². The molecule has 3 aromatic rings. The number of hydrogen-bond acceptors (Lipinski definition) is 6. The molecule has 0 aliphatic heterocycles. The van der Waals surface area contributed by atoms with Gasteiger partial charge in [0.2, 0.25) is 0 Å². The second kappa shape index (κ2) is 7.71. The van der Waals surface area contributed by atoms with E-state index < -0.39 is 0 Å². The molecular weight excluding hydrogens is 358 g/mol. The number of hydrogen-bond donors (Lipinski definition) is 1. The van der Waals surface area contributed by atoms with Crippen LogP contribution in [0.3, 0.4) is 0 Å². The van der Waals surface area contributed by atoms with Crippen LogP contribution in [0.1, 0.15) is 66.8 Å². The molecule has 1 N–H and O–H groups in total. The standard InChI is InChI=1S/C20H25N5O3/c1-4-5-15-18-14(10-16(13-6-7-13)21-20(18)28-24-15)19(26)22-17-8-9-25(23-17)12(2)11-27-3/h8-10,12-13H,4-7,11H2,1-3H3,(H,22,23,26)/t12-/m1/s1. The van der Waals surface area contributed by atoms with E-state index in [2.05, 4.69) is 27.5 Å². The highest BCUT2D eigenvalue weighted by molar-refractivity contribution is 6.12. The van der Waals surface area contributed by atoms with Crippen molar-refractivity contribution in [1.29, 1.82) is 0 Å². The number of aromatic nitrogens is 4. The summed E-state index contributed by atoms with van der Waals surface area (Å²) in [4.78, 5) is 17.7. The van der Waals surface area contributed by atoms with Crippen molar-refractivity contribution in [2.45, 2.75) is 51.5 Å². The predicted molar refractivity (Wildman–Crippen MR) is 105 cm³/mol. The first-order valence-electron chi connectivity index (χ1n) is 9.75. The van der Waals surface area contributed by atoms with Gasteiger partial charge in [0.05, 0.1) is 29.3 Å². The number of methoxy groups -OCH3 is 1. The number of ether oxygens (including phenoxy) is 1. The molecule has 1 saturated carbocycles. The number of nitrogens with zero attached hydrogens (tertiary/aromatic N) is 4. The van der Waals surface area contributed by atoms with Gasteiger partial charge in [-0.15, -0.1) is 0 Å². The minimum absolute atomic E-state index is 0.0824. The first-order valence-corrected chi connectivity index (χ1v) is 9.75. The number of carbonyl (C=O) groups is 1. The maximum absolute atomic E-state index is 13.1. The van der Waals surface area contributed by atoms with Crippen LogP contribution in [0.25, 0.3) is 11.1 Å². The molecule has 8 nitrogen and oxygen atoms in total. The third-order valence-corrected chi connectivity index (χ3v) is 4.97. The van der Waals surface area contributed by atoms with E-state index in [9.17, 15) is 4.79 Å². The lowest BCUT2D eigenvalue weighted by atomic mass is 10.1. The van der Waals surface area contributed by atoms with E-state index in [1.54, 1.807) is 17.9 Å². The summed E-state index contributed by atoms with van der Waals surface area (Å²) in [5.74, 6) is 0.684. The van der Waals surface area contributed by atoms with Gasteiger partial charge in [-0.1, -0.05) is 18.5 Å². The highest BCUT2D eigenvalue weighted by atomic mass is 16.5. The predicted octanol–water partition coefficient (Wildman–Crippen LogP) is 3.71. The largest absolute Gasteiger partial charge is 0.382 e. The molecule has 8 heteroatoms. The normalized spacial score (nSPS) is 15.1. The Kier molecular flexibility index (Phi) is 5.13. The van der Waals surface area contributed by atoms with Crippen LogP contribution in [0.15, 0.2) is 22.9 Å². The number of anilines is 1. The lowest BCUT2D eigenvalue weighted by Gasteiger charge is -2.10. The zero-order valence-corrected chi connectivity index (χ0v) is 16.4. The van der Waals surface area contributed by atoms with Gasteiger partial charge in [-0.3, -0.25) is 9.48 Å². The molecule has 1 aliphatic carbocycles. The van der Waals surface area contributed by atoms with Gasteiger partial charge in [0, 0.05) is 31.0 Å². The smallest absolute Gasteiger partial charge is 0.259 e. The number of carbonyl (C=O) groups excluding carboxylic acids is 1. The van der Waals surface area contributed by atoms with Crippen LogP contribution in [0.4, 0.5) is 5.82 Å². The van der Waals surface area contributed by atoms with E-state index in [1.807, 2.05) is 19.2 Å². The van der Waals surface area contributed by atoms with Crippen molar-refractivity contribution in [2.24, 2.45) is 0 Å². The Morgan fingerprint density at radius 1 is 1.46 bits per heavy atom. The molecule has 0 aromatic carbocycles. The summed E-state index contributed by atoms with van der Waals surface area (Å²) in [6, 6.07) is 3.75. The summed E-state index contributed by atoms with van der Waals surface area (Å²) in [5, 5.41) is 12.2. The van der Waals surface area contributed by atoms with Gasteiger partial charge < -0.3 is 14.6 Å². The average Bonchev–Trinajstić information content (AvgIpc) is 3.31. The van der Waals surface area contributed by atoms with Crippen LogP contribution in [-0.4, -0.2) is 39.5 Å². The SMILES string of the molecule is CCCc1noc2nc(C3CC3)cc(C(=O)Nc3ccn([C@H](C)COC)n3)c12. The lowest BCUT2D eigenvalue weighted by molar-refractivity contribution is 0.102. The van der Waals surface area contributed by atoms with Crippen molar-refractivity contribution in [3.63, 3.8) is 0 Å². The summed E-state index contributed by atoms with van der Waals surface area (Å²) >= 11 is 0. The van der Waals surface area contributed by atoms with Crippen molar-refractivity contribution in [2.75, 3.05) is 19.0 Å². The van der Waals surface area contributed by atoms with Gasteiger partial charge in [-0.2, -0.15) is 5.10 Å². The molecule has 0 saturated heterocycles. The lowest BCUT2D eigenvalue weighted by Crippen LogP contribution is -2.16. The quantitative estimate of drug-likeness (QED) is 0.637. The minimum Gasteiger partial charge on any atom is -0.382 e. The fraction of sp³-hybridized carbons (Fsp3) is 0.500. The maximum atomic E-state index is 13.1. The molecule has 28 heavy (non-hydrogen) atoms. The molecular formula is C20H25N5O3. The van der Waals surface area contributed by atoms with Gasteiger partial charge in [0.15, 0.2) is 5.82 Å². The zero-order chi connectivity index (χ0) is 19.7. The molecule has 1 fully saturated rings. The Hall–Kier alpha value is -2.74. The summed E-state index contributed by atoms with van der Waals surface area (Å²) in [6.07, 6.45) is 5.67. The van der Waals surface area contributed by atoms with Crippen LogP contribution in [0.2, 0.25) is 0 Å². The molecule has 1 aliphatic rings. The Morgan fingerprint density at radius 2 is 2.29 bits per heavy atom. The number of pyridine rings is 1. The first-order chi connectivity index (χ1) is 13.6. The van der Waals surface area contributed by atoms with Crippen molar-refractivity contribution in [3.8, 4) is 0 Å². The molecule has 1 amide bonds. The molecule has 148 valence electrons. The van der Waals surface area contributed by atoms with Crippen LogP contribution in [-0.2, 0) is 11.2 Å². The summed E-state index contributed by atoms with van der Waals surface area (Å²) < 4.78 is 12.4. The van der Waals surface area contributed by atoms with E-state index in [1.165, 1.54) is 0 Å². The van der Waals surface area contributed by atoms with E-state index in [-0.39, 0.29) is 11.9 Å². The molecule has 0 bridgehead atoms. The number of rotatable bonds is 8. The van der Waals surface area contributed by atoms with Gasteiger partial charge in [-0.25, -0.2) is 4.98 Å². The van der Waals surface area contributed by atoms with Crippen molar-refractivity contribution >= 4 is 22.8 Å². The monoisotopic (exact) mass is 383 g/mol. The van der Waals surface area contributed by atoms with Gasteiger partial charge in [0.1, 0.15) is 0 Å². The first kappa shape index (κ1) is 18.6. The molecule has 0 unspecified atom stereocenters. The molecule has 0 spiro atoms. The molecule has 0 radical (unpaired) electrons. The van der Waals surface area contributed by atoms with Crippen LogP contribution < -0.4 is 5.32 Å². The van der Waals surface area contributed by atoms with Crippen molar-refractivity contribution < 1.29 is 14.1 Å². The number of aryl methyl sites for hydroxylation is 1. The summed E-state index contributed by atoms with van der Waals surface area (Å²) in [5.41, 5.74) is 2.67. The molecule has 4 rings (SSSR count). The number of nitrogens with one attached hydrogen (secondary N) is 1. The van der Waals surface area contributed by atoms with Gasteiger partial charge in [0.25, 0.3) is 11.6 Å². The summed E-state index contributed by atoms with van der Waals surface area (Å²) in [6.45, 7) is 4.62. The molecule has 3 heterocycles. The highest BCUT2D eigenvalue weighted by Crippen LogP contribution is 2.40. The Labute approximate surface area is 163 Å². The van der Waals surface area contributed by atoms with Gasteiger partial charge >= 0.3 is 0 Å². The zero-order valence-electron chi connectivity index (χ0n) is 16.4. The average molecular weight is 383 g/mol. The Balaban J connectivity index is 1.65. The van der Waals surface area contributed by atoms with Gasteiger partial charge in [-0.05, 0) is 32.3 Å². The van der Waals surface area contributed by atoms with Crippen molar-refractivity contribution in [1.82, 2.24) is 19.9 Å². The second-order valence-electron chi connectivity index (χ2n) is 7.37. The highest BCUT2D eigenvalue weighted by Gasteiger charge is 2.29. The molecule has 3 aromatic heterocycles. The fourth-order valence-electron chi connectivity index (χ4n) is 3.36. The van der Waals surface area contributed by atoms with Crippen LogP contribution in [0, 0.1) is 0 Å². The molecule has 1 atom stereocenters. The Morgan fingerprint density at radius 3 is 3.00 bits per heavy atom. The van der Waals surface area contributed by atoms with E-state index in [0.29, 0.717) is 35.0 Å².